The van der Waals surface area contributed by atoms with Gasteiger partial charge in [-0.1, -0.05) is 12.1 Å². The van der Waals surface area contributed by atoms with E-state index in [2.05, 4.69) is 4.98 Å². The van der Waals surface area contributed by atoms with Crippen molar-refractivity contribution in [2.75, 3.05) is 11.5 Å². The Hall–Kier alpha value is -4.13. The molecule has 7 heteroatoms. The van der Waals surface area contributed by atoms with E-state index >= 15 is 0 Å². The summed E-state index contributed by atoms with van der Waals surface area (Å²) in [7, 11) is 0. The number of pyridine rings is 1. The van der Waals surface area contributed by atoms with Gasteiger partial charge < -0.3 is 14.9 Å². The number of aliphatic hydroxyl groups is 1. The molecule has 3 heterocycles. The molecule has 0 spiro atoms. The molecule has 1 fully saturated rings. The molecule has 0 bridgehead atoms. The number of carbonyl (C=O) groups is 2. The van der Waals surface area contributed by atoms with Crippen LogP contribution >= 0.6 is 0 Å². The molecular formula is C26H22N2O5. The van der Waals surface area contributed by atoms with Gasteiger partial charge in [0, 0.05) is 11.8 Å². The average Bonchev–Trinajstić information content (AvgIpc) is 3.10. The Morgan fingerprint density at radius 2 is 1.97 bits per heavy atom. The number of aliphatic hydroxyl groups excluding tert-OH is 1. The van der Waals surface area contributed by atoms with Crippen molar-refractivity contribution in [1.29, 1.82) is 0 Å². The number of benzene rings is 2. The number of aromatic nitrogens is 1. The molecule has 7 nitrogen and oxygen atoms in total. The minimum absolute atomic E-state index is 0.0729. The number of hydrogen-bond acceptors (Lipinski definition) is 6. The molecule has 1 unspecified atom stereocenters. The number of hydrogen-bond donors (Lipinski definition) is 2. The fraction of sp³-hybridized carbons (Fsp3) is 0.192. The number of ketones is 1. The predicted octanol–water partition coefficient (Wildman–Crippen LogP) is 4.05. The van der Waals surface area contributed by atoms with Crippen LogP contribution in [0.5, 0.6) is 11.5 Å². The SMILES string of the molecule is Cc1ccc(O)c(N2C(=O)C(=O)/C(=C(\O)c3ccc4c(c3)CCCO4)C2c2ccccn2)c1. The summed E-state index contributed by atoms with van der Waals surface area (Å²) in [5.41, 5.74) is 2.68. The summed E-state index contributed by atoms with van der Waals surface area (Å²) in [4.78, 5) is 32.0. The van der Waals surface area contributed by atoms with Crippen molar-refractivity contribution in [1.82, 2.24) is 4.98 Å². The summed E-state index contributed by atoms with van der Waals surface area (Å²) in [5, 5.41) is 21.8. The summed E-state index contributed by atoms with van der Waals surface area (Å²) < 4.78 is 5.65. The Bertz CT molecular complexity index is 1300. The highest BCUT2D eigenvalue weighted by atomic mass is 16.5. The normalized spacial score (nSPS) is 19.3. The van der Waals surface area contributed by atoms with E-state index in [4.69, 9.17) is 4.74 Å². The van der Waals surface area contributed by atoms with Crippen LogP contribution in [-0.2, 0) is 16.0 Å². The highest BCUT2D eigenvalue weighted by molar-refractivity contribution is 6.51. The third-order valence-corrected chi connectivity index (χ3v) is 5.98. The number of fused-ring (bicyclic) bond motifs is 1. The Morgan fingerprint density at radius 3 is 2.76 bits per heavy atom. The molecule has 1 saturated heterocycles. The van der Waals surface area contributed by atoms with Crippen molar-refractivity contribution in [3.05, 3.63) is 88.8 Å². The quantitative estimate of drug-likeness (QED) is 0.361. The Morgan fingerprint density at radius 1 is 1.12 bits per heavy atom. The fourth-order valence-electron chi connectivity index (χ4n) is 4.39. The summed E-state index contributed by atoms with van der Waals surface area (Å²) in [6.07, 6.45) is 3.22. The van der Waals surface area contributed by atoms with Gasteiger partial charge in [0.1, 0.15) is 23.3 Å². The van der Waals surface area contributed by atoms with Crippen molar-refractivity contribution in [2.24, 2.45) is 0 Å². The number of aryl methyl sites for hydroxylation is 2. The van der Waals surface area contributed by atoms with Crippen molar-refractivity contribution in [3.8, 4) is 11.5 Å². The van der Waals surface area contributed by atoms with Crippen LogP contribution < -0.4 is 9.64 Å². The zero-order valence-electron chi connectivity index (χ0n) is 18.0. The number of rotatable bonds is 3. The van der Waals surface area contributed by atoms with Gasteiger partial charge in [-0.25, -0.2) is 0 Å². The van der Waals surface area contributed by atoms with E-state index in [-0.39, 0.29) is 22.8 Å². The Labute approximate surface area is 190 Å². The van der Waals surface area contributed by atoms with E-state index in [1.807, 2.05) is 6.92 Å². The second-order valence-corrected chi connectivity index (χ2v) is 8.19. The van der Waals surface area contributed by atoms with Crippen molar-refractivity contribution in [3.63, 3.8) is 0 Å². The predicted molar refractivity (Wildman–Crippen MR) is 122 cm³/mol. The van der Waals surface area contributed by atoms with Crippen LogP contribution in [-0.4, -0.2) is 33.5 Å². The maximum Gasteiger partial charge on any atom is 0.300 e. The molecular weight excluding hydrogens is 420 g/mol. The fourth-order valence-corrected chi connectivity index (χ4v) is 4.39. The van der Waals surface area contributed by atoms with Crippen LogP contribution in [0.2, 0.25) is 0 Å². The number of phenols is 1. The third kappa shape index (κ3) is 3.51. The summed E-state index contributed by atoms with van der Waals surface area (Å²) in [6.45, 7) is 2.47. The summed E-state index contributed by atoms with van der Waals surface area (Å²) in [5.74, 6) is -1.35. The molecule has 1 aromatic heterocycles. The number of nitrogens with zero attached hydrogens (tertiary/aromatic N) is 2. The van der Waals surface area contributed by atoms with Gasteiger partial charge in [0.05, 0.1) is 23.6 Å². The largest absolute Gasteiger partial charge is 0.507 e. The van der Waals surface area contributed by atoms with Gasteiger partial charge in [-0.2, -0.15) is 0 Å². The van der Waals surface area contributed by atoms with Gasteiger partial charge in [-0.15, -0.1) is 0 Å². The molecule has 166 valence electrons. The second kappa shape index (κ2) is 8.09. The monoisotopic (exact) mass is 442 g/mol. The number of carbonyl (C=O) groups excluding carboxylic acids is 2. The molecule has 0 saturated carbocycles. The van der Waals surface area contributed by atoms with Gasteiger partial charge in [-0.05, 0) is 73.4 Å². The molecule has 1 atom stereocenters. The molecule has 2 aromatic carbocycles. The maximum absolute atomic E-state index is 13.2. The van der Waals surface area contributed by atoms with E-state index in [9.17, 15) is 19.8 Å². The highest BCUT2D eigenvalue weighted by Gasteiger charge is 2.48. The molecule has 2 aliphatic heterocycles. The topological polar surface area (TPSA) is 100.0 Å². The van der Waals surface area contributed by atoms with Crippen LogP contribution in [0, 0.1) is 6.92 Å². The first-order chi connectivity index (χ1) is 16.0. The number of ether oxygens (including phenoxy) is 1. The van der Waals surface area contributed by atoms with Crippen LogP contribution in [0.4, 0.5) is 5.69 Å². The zero-order valence-corrected chi connectivity index (χ0v) is 18.0. The smallest absolute Gasteiger partial charge is 0.300 e. The first kappa shape index (κ1) is 20.8. The van der Waals surface area contributed by atoms with Crippen molar-refractivity contribution < 1.29 is 24.5 Å². The number of anilines is 1. The first-order valence-electron chi connectivity index (χ1n) is 10.7. The van der Waals surface area contributed by atoms with Crippen LogP contribution in [0.3, 0.4) is 0 Å². The van der Waals surface area contributed by atoms with Gasteiger partial charge in [0.2, 0.25) is 0 Å². The molecule has 5 rings (SSSR count). The molecule has 2 N–H and O–H groups in total. The zero-order chi connectivity index (χ0) is 23.1. The van der Waals surface area contributed by atoms with Crippen LogP contribution in [0.1, 0.15) is 34.8 Å². The molecule has 3 aromatic rings. The Kier molecular flexibility index (Phi) is 5.09. The lowest BCUT2D eigenvalue weighted by atomic mass is 9.96. The van der Waals surface area contributed by atoms with Gasteiger partial charge in [0.15, 0.2) is 0 Å². The van der Waals surface area contributed by atoms with E-state index in [1.54, 1.807) is 54.7 Å². The number of aromatic hydroxyl groups is 1. The van der Waals surface area contributed by atoms with Crippen molar-refractivity contribution in [2.45, 2.75) is 25.8 Å². The number of phenolic OH excluding ortho intramolecular Hbond substituents is 1. The minimum atomic E-state index is -0.994. The molecule has 0 aliphatic carbocycles. The highest BCUT2D eigenvalue weighted by Crippen LogP contribution is 2.44. The maximum atomic E-state index is 13.2. The first-order valence-corrected chi connectivity index (χ1v) is 10.7. The minimum Gasteiger partial charge on any atom is -0.507 e. The average molecular weight is 442 g/mol. The van der Waals surface area contributed by atoms with Gasteiger partial charge in [0.25, 0.3) is 11.7 Å². The molecule has 33 heavy (non-hydrogen) atoms. The van der Waals surface area contributed by atoms with E-state index in [1.165, 1.54) is 11.0 Å². The summed E-state index contributed by atoms with van der Waals surface area (Å²) >= 11 is 0. The van der Waals surface area contributed by atoms with E-state index < -0.39 is 17.7 Å². The van der Waals surface area contributed by atoms with Crippen LogP contribution in [0.15, 0.2) is 66.4 Å². The number of amides is 1. The lowest BCUT2D eigenvalue weighted by Crippen LogP contribution is -2.30. The van der Waals surface area contributed by atoms with E-state index in [0.29, 0.717) is 17.9 Å². The van der Waals surface area contributed by atoms with Gasteiger partial charge >= 0.3 is 0 Å². The summed E-state index contributed by atoms with van der Waals surface area (Å²) in [6, 6.07) is 14.2. The molecule has 2 aliphatic rings. The van der Waals surface area contributed by atoms with Crippen molar-refractivity contribution >= 4 is 23.1 Å². The second-order valence-electron chi connectivity index (χ2n) is 8.19. The molecule has 1 amide bonds. The van der Waals surface area contributed by atoms with E-state index in [0.717, 1.165) is 29.7 Å². The lowest BCUT2D eigenvalue weighted by Gasteiger charge is -2.25. The third-order valence-electron chi connectivity index (χ3n) is 5.98. The Balaban J connectivity index is 1.71. The van der Waals surface area contributed by atoms with Gasteiger partial charge in [-0.3, -0.25) is 19.5 Å². The van der Waals surface area contributed by atoms with Crippen LogP contribution in [0.25, 0.3) is 5.76 Å². The molecule has 0 radical (unpaired) electrons. The lowest BCUT2D eigenvalue weighted by molar-refractivity contribution is -0.132. The number of Topliss-reactive ketones (excluding diaryl/α,β-unsaturated/α-hetero) is 1. The standard InChI is InChI=1S/C26H22N2O5/c1-15-7-9-20(29)19(13-15)28-23(18-6-2-3-11-27-18)22(25(31)26(28)32)24(30)17-8-10-21-16(14-17)5-4-12-33-21/h2-3,6-11,13-14,23,29-30H,4-5,12H2,1H3/b24-22-.